The first-order valence-electron chi connectivity index (χ1n) is 7.55. The molecule has 0 atom stereocenters. The lowest BCUT2D eigenvalue weighted by atomic mass is 10.1. The van der Waals surface area contributed by atoms with Gasteiger partial charge in [0.2, 0.25) is 0 Å². The van der Waals surface area contributed by atoms with Crippen molar-refractivity contribution in [3.63, 3.8) is 0 Å². The number of nitrogens with zero attached hydrogens (tertiary/aromatic N) is 1. The van der Waals surface area contributed by atoms with Crippen LogP contribution < -0.4 is 10.1 Å². The molecule has 0 bridgehead atoms. The number of amides is 2. The highest BCUT2D eigenvalue weighted by atomic mass is 19.1. The maximum absolute atomic E-state index is 13.6. The van der Waals surface area contributed by atoms with Gasteiger partial charge < -0.3 is 15.0 Å². The summed E-state index contributed by atoms with van der Waals surface area (Å²) in [5.74, 6) is -0.514. The zero-order chi connectivity index (χ0) is 17.5. The number of ether oxygens (including phenoxy) is 1. The second-order valence-corrected chi connectivity index (χ2v) is 5.42. The van der Waals surface area contributed by atoms with E-state index in [9.17, 15) is 13.6 Å². The maximum atomic E-state index is 13.6. The van der Waals surface area contributed by atoms with E-state index >= 15 is 0 Å². The number of rotatable bonds is 6. The molecule has 0 saturated carbocycles. The molecule has 2 aromatic carbocycles. The number of methoxy groups -OCH3 is 1. The van der Waals surface area contributed by atoms with Crippen molar-refractivity contribution in [1.82, 2.24) is 10.2 Å². The van der Waals surface area contributed by atoms with Gasteiger partial charge in [-0.15, -0.1) is 0 Å². The summed E-state index contributed by atoms with van der Waals surface area (Å²) in [7, 11) is 3.17. The minimum Gasteiger partial charge on any atom is -0.497 e. The second-order valence-electron chi connectivity index (χ2n) is 5.42. The Morgan fingerprint density at radius 3 is 2.50 bits per heavy atom. The van der Waals surface area contributed by atoms with Crippen molar-refractivity contribution in [2.24, 2.45) is 0 Å². The predicted molar refractivity (Wildman–Crippen MR) is 87.9 cm³/mol. The lowest BCUT2D eigenvalue weighted by molar-refractivity contribution is 0.206. The van der Waals surface area contributed by atoms with E-state index in [0.29, 0.717) is 13.0 Å². The molecule has 2 aromatic rings. The van der Waals surface area contributed by atoms with Crippen molar-refractivity contribution in [2.45, 2.75) is 13.0 Å². The molecule has 0 spiro atoms. The van der Waals surface area contributed by atoms with Gasteiger partial charge in [0.1, 0.15) is 17.4 Å². The van der Waals surface area contributed by atoms with Gasteiger partial charge in [0, 0.05) is 31.8 Å². The molecule has 0 unspecified atom stereocenters. The second kappa shape index (κ2) is 8.29. The molecule has 0 fully saturated rings. The van der Waals surface area contributed by atoms with E-state index in [2.05, 4.69) is 5.32 Å². The van der Waals surface area contributed by atoms with E-state index in [1.165, 1.54) is 17.0 Å². The topological polar surface area (TPSA) is 41.6 Å². The molecule has 0 aromatic heterocycles. The fraction of sp³-hybridized carbons (Fsp3) is 0.278. The van der Waals surface area contributed by atoms with Crippen molar-refractivity contribution in [2.75, 3.05) is 20.7 Å². The van der Waals surface area contributed by atoms with E-state index < -0.39 is 11.6 Å². The Morgan fingerprint density at radius 2 is 1.88 bits per heavy atom. The summed E-state index contributed by atoms with van der Waals surface area (Å²) in [4.78, 5) is 13.4. The summed E-state index contributed by atoms with van der Waals surface area (Å²) < 4.78 is 31.6. The number of hydrogen-bond acceptors (Lipinski definition) is 2. The zero-order valence-electron chi connectivity index (χ0n) is 13.7. The minimum absolute atomic E-state index is 0.0699. The van der Waals surface area contributed by atoms with E-state index in [1.807, 2.05) is 24.3 Å². The first-order chi connectivity index (χ1) is 11.5. The van der Waals surface area contributed by atoms with Crippen LogP contribution >= 0.6 is 0 Å². The summed E-state index contributed by atoms with van der Waals surface area (Å²) in [6.07, 6.45) is 0.675. The van der Waals surface area contributed by atoms with Crippen LogP contribution in [-0.2, 0) is 13.0 Å². The molecule has 0 heterocycles. The molecule has 2 amide bonds. The minimum atomic E-state index is -0.659. The van der Waals surface area contributed by atoms with E-state index in [4.69, 9.17) is 4.74 Å². The summed E-state index contributed by atoms with van der Waals surface area (Å²) in [5.41, 5.74) is 1.34. The fourth-order valence-corrected chi connectivity index (χ4v) is 2.22. The number of hydrogen-bond donors (Lipinski definition) is 1. The van der Waals surface area contributed by atoms with Crippen molar-refractivity contribution in [1.29, 1.82) is 0 Å². The molecular weight excluding hydrogens is 314 g/mol. The molecule has 128 valence electrons. The van der Waals surface area contributed by atoms with Crippen molar-refractivity contribution in [3.05, 3.63) is 65.2 Å². The van der Waals surface area contributed by atoms with Gasteiger partial charge in [-0.3, -0.25) is 0 Å². The number of carbonyl (C=O) groups is 1. The third kappa shape index (κ3) is 4.94. The Labute approximate surface area is 140 Å². The molecule has 6 heteroatoms. The standard InChI is InChI=1S/C18H20F2N2O2/c1-22(12-14-5-6-15(19)11-17(14)20)18(23)21-10-9-13-3-7-16(24-2)8-4-13/h3-8,11H,9-10,12H2,1-2H3,(H,21,23). The Morgan fingerprint density at radius 1 is 1.17 bits per heavy atom. The number of benzene rings is 2. The van der Waals surface area contributed by atoms with Gasteiger partial charge in [-0.25, -0.2) is 13.6 Å². The molecule has 0 aliphatic carbocycles. The molecule has 0 aliphatic heterocycles. The van der Waals surface area contributed by atoms with Crippen LogP contribution in [-0.4, -0.2) is 31.6 Å². The molecule has 2 rings (SSSR count). The smallest absolute Gasteiger partial charge is 0.317 e. The summed E-state index contributed by atoms with van der Waals surface area (Å²) in [5, 5.41) is 2.77. The van der Waals surface area contributed by atoms with Gasteiger partial charge in [-0.05, 0) is 30.2 Å². The molecular formula is C18H20F2N2O2. The van der Waals surface area contributed by atoms with Crippen LogP contribution in [0.2, 0.25) is 0 Å². The quantitative estimate of drug-likeness (QED) is 0.880. The van der Waals surface area contributed by atoms with E-state index in [1.54, 1.807) is 14.2 Å². The third-order valence-corrected chi connectivity index (χ3v) is 3.62. The normalized spacial score (nSPS) is 10.3. The lowest BCUT2D eigenvalue weighted by Crippen LogP contribution is -2.37. The van der Waals surface area contributed by atoms with Crippen LogP contribution in [0.1, 0.15) is 11.1 Å². The van der Waals surface area contributed by atoms with Gasteiger partial charge in [0.05, 0.1) is 7.11 Å². The fourth-order valence-electron chi connectivity index (χ4n) is 2.22. The largest absolute Gasteiger partial charge is 0.497 e. The molecule has 4 nitrogen and oxygen atoms in total. The van der Waals surface area contributed by atoms with E-state index in [0.717, 1.165) is 17.4 Å². The van der Waals surface area contributed by atoms with Crippen LogP contribution in [0, 0.1) is 11.6 Å². The first kappa shape index (κ1) is 17.7. The molecule has 0 aliphatic rings. The van der Waals surface area contributed by atoms with Crippen molar-refractivity contribution >= 4 is 6.03 Å². The lowest BCUT2D eigenvalue weighted by Gasteiger charge is -2.18. The maximum Gasteiger partial charge on any atom is 0.317 e. The van der Waals surface area contributed by atoms with Gasteiger partial charge in [0.15, 0.2) is 0 Å². The highest BCUT2D eigenvalue weighted by molar-refractivity contribution is 5.73. The number of nitrogens with one attached hydrogen (secondary N) is 1. The molecule has 24 heavy (non-hydrogen) atoms. The molecule has 0 radical (unpaired) electrons. The Hall–Kier alpha value is -2.63. The monoisotopic (exact) mass is 334 g/mol. The van der Waals surface area contributed by atoms with Gasteiger partial charge in [0.25, 0.3) is 0 Å². The number of carbonyl (C=O) groups excluding carboxylic acids is 1. The number of halogens is 2. The third-order valence-electron chi connectivity index (χ3n) is 3.62. The Balaban J connectivity index is 1.80. The average Bonchev–Trinajstić information content (AvgIpc) is 2.57. The van der Waals surface area contributed by atoms with Crippen LogP contribution in [0.5, 0.6) is 5.75 Å². The molecule has 1 N–H and O–H groups in total. The highest BCUT2D eigenvalue weighted by Crippen LogP contribution is 2.12. The summed E-state index contributed by atoms with van der Waals surface area (Å²) in [6, 6.07) is 10.6. The van der Waals surface area contributed by atoms with Crippen molar-refractivity contribution in [3.8, 4) is 5.75 Å². The van der Waals surface area contributed by atoms with Crippen molar-refractivity contribution < 1.29 is 18.3 Å². The SMILES string of the molecule is COc1ccc(CCNC(=O)N(C)Cc2ccc(F)cc2F)cc1. The molecule has 0 saturated heterocycles. The first-order valence-corrected chi connectivity index (χ1v) is 7.55. The van der Waals surface area contributed by atoms with E-state index in [-0.39, 0.29) is 18.1 Å². The zero-order valence-corrected chi connectivity index (χ0v) is 13.7. The average molecular weight is 334 g/mol. The predicted octanol–water partition coefficient (Wildman–Crippen LogP) is 3.36. The number of urea groups is 1. The van der Waals surface area contributed by atoms with Crippen LogP contribution in [0.3, 0.4) is 0 Å². The summed E-state index contributed by atoms with van der Waals surface area (Å²) >= 11 is 0. The van der Waals surface area contributed by atoms with Gasteiger partial charge >= 0.3 is 6.03 Å². The Kier molecular flexibility index (Phi) is 6.12. The summed E-state index contributed by atoms with van der Waals surface area (Å²) in [6.45, 7) is 0.530. The highest BCUT2D eigenvalue weighted by Gasteiger charge is 2.11. The van der Waals surface area contributed by atoms with Crippen LogP contribution in [0.15, 0.2) is 42.5 Å². The van der Waals surface area contributed by atoms with Crippen LogP contribution in [0.4, 0.5) is 13.6 Å². The Bertz CT molecular complexity index is 690. The van der Waals surface area contributed by atoms with Gasteiger partial charge in [-0.1, -0.05) is 18.2 Å². The van der Waals surface area contributed by atoms with Gasteiger partial charge in [-0.2, -0.15) is 0 Å². The van der Waals surface area contributed by atoms with Crippen LogP contribution in [0.25, 0.3) is 0 Å².